The van der Waals surface area contributed by atoms with E-state index in [-0.39, 0.29) is 0 Å². The Kier molecular flexibility index (Phi) is 6.11. The van der Waals surface area contributed by atoms with Crippen molar-refractivity contribution in [3.8, 4) is 0 Å². The zero-order valence-electron chi connectivity index (χ0n) is 13.1. The molecule has 0 radical (unpaired) electrons. The van der Waals surface area contributed by atoms with Gasteiger partial charge in [-0.3, -0.25) is 9.80 Å². The van der Waals surface area contributed by atoms with Crippen LogP contribution in [0.15, 0.2) is 0 Å². The highest BCUT2D eigenvalue weighted by Gasteiger charge is 2.36. The topological polar surface area (TPSA) is 15.7 Å². The fourth-order valence-corrected chi connectivity index (χ4v) is 3.96. The Hall–Kier alpha value is -0.120. The monoisotopic (exact) mass is 268 g/mol. The van der Waals surface area contributed by atoms with Crippen LogP contribution in [0.5, 0.6) is 0 Å². The molecule has 2 aliphatic rings. The van der Waals surface area contributed by atoms with E-state index in [1.165, 1.54) is 58.2 Å². The zero-order chi connectivity index (χ0) is 13.7. The van der Waals surface area contributed by atoms with Gasteiger partial charge in [0, 0.05) is 38.3 Å². The van der Waals surface area contributed by atoms with Gasteiger partial charge in [-0.25, -0.2) is 0 Å². The summed E-state index contributed by atoms with van der Waals surface area (Å²) in [6, 6.07) is 2.18. The van der Waals surface area contributed by atoms with Crippen molar-refractivity contribution in [3.05, 3.63) is 0 Å². The van der Waals surface area contributed by atoms with Gasteiger partial charge >= 0.3 is 0 Å². The highest BCUT2D eigenvalue weighted by Crippen LogP contribution is 2.27. The van der Waals surface area contributed by atoms with Crippen LogP contribution in [0.2, 0.25) is 0 Å². The van der Waals surface area contributed by atoms with Crippen molar-refractivity contribution in [1.82, 2.24) is 9.80 Å². The predicted octanol–water partition coefficient (Wildman–Crippen LogP) is 2.75. The quantitative estimate of drug-likeness (QED) is 0.737. The minimum absolute atomic E-state index is 0.629. The van der Waals surface area contributed by atoms with Crippen LogP contribution in [0.1, 0.15) is 52.4 Å². The average molecular weight is 268 g/mol. The van der Waals surface area contributed by atoms with E-state index in [1.807, 2.05) is 7.11 Å². The third kappa shape index (κ3) is 3.71. The lowest BCUT2D eigenvalue weighted by Crippen LogP contribution is -2.62. The van der Waals surface area contributed by atoms with Gasteiger partial charge in [-0.2, -0.15) is 0 Å². The number of hydrogen-bond acceptors (Lipinski definition) is 3. The number of rotatable bonds is 6. The Bertz CT molecular complexity index is 253. The van der Waals surface area contributed by atoms with E-state index in [1.54, 1.807) is 0 Å². The van der Waals surface area contributed by atoms with E-state index < -0.39 is 0 Å². The highest BCUT2D eigenvalue weighted by atomic mass is 16.5. The molecule has 2 aliphatic heterocycles. The third-order valence-corrected chi connectivity index (χ3v) is 5.01. The fraction of sp³-hybridized carbons (Fsp3) is 1.00. The number of nitrogens with zero attached hydrogens (tertiary/aromatic N) is 2. The molecule has 0 N–H and O–H groups in total. The summed E-state index contributed by atoms with van der Waals surface area (Å²) in [5.74, 6) is 0. The van der Waals surface area contributed by atoms with Crippen LogP contribution in [-0.2, 0) is 4.74 Å². The molecule has 0 spiro atoms. The first-order valence-corrected chi connectivity index (χ1v) is 8.28. The summed E-state index contributed by atoms with van der Waals surface area (Å²) < 4.78 is 5.48. The molecule has 2 rings (SSSR count). The van der Waals surface area contributed by atoms with Gasteiger partial charge in [0.25, 0.3) is 0 Å². The Morgan fingerprint density at radius 3 is 2.74 bits per heavy atom. The number of ether oxygens (including phenoxy) is 1. The molecule has 2 saturated heterocycles. The van der Waals surface area contributed by atoms with Crippen molar-refractivity contribution >= 4 is 0 Å². The van der Waals surface area contributed by atoms with Crippen LogP contribution in [0.4, 0.5) is 0 Å². The maximum atomic E-state index is 5.48. The van der Waals surface area contributed by atoms with Gasteiger partial charge in [0.1, 0.15) is 0 Å². The summed E-state index contributed by atoms with van der Waals surface area (Å²) >= 11 is 0. The molecule has 0 saturated carbocycles. The van der Waals surface area contributed by atoms with E-state index in [0.717, 1.165) is 18.7 Å². The van der Waals surface area contributed by atoms with Crippen LogP contribution < -0.4 is 0 Å². The summed E-state index contributed by atoms with van der Waals surface area (Å²) in [6.45, 7) is 9.42. The summed E-state index contributed by atoms with van der Waals surface area (Å²) in [5.41, 5.74) is 0. The lowest BCUT2D eigenvalue weighted by molar-refractivity contribution is -0.0349. The number of fused-ring (bicyclic) bond motifs is 1. The van der Waals surface area contributed by atoms with Gasteiger partial charge in [-0.05, 0) is 32.2 Å². The molecule has 2 fully saturated rings. The molecule has 0 aromatic carbocycles. The van der Waals surface area contributed by atoms with E-state index >= 15 is 0 Å². The molecule has 3 nitrogen and oxygen atoms in total. The molecular weight excluding hydrogens is 236 g/mol. The first-order chi connectivity index (χ1) is 9.30. The highest BCUT2D eigenvalue weighted by molar-refractivity contribution is 4.93. The second kappa shape index (κ2) is 7.61. The summed E-state index contributed by atoms with van der Waals surface area (Å²) in [4.78, 5) is 5.53. The van der Waals surface area contributed by atoms with E-state index in [4.69, 9.17) is 4.74 Å². The standard InChI is InChI=1S/C16H32N2O/c1-4-8-16(13-19-3)18-12-15-9-6-7-10-17(15)11-14(18)5-2/h14-16H,4-13H2,1-3H3. The average Bonchev–Trinajstić information content (AvgIpc) is 2.45. The Labute approximate surface area is 119 Å². The fourth-order valence-electron chi connectivity index (χ4n) is 3.96. The lowest BCUT2D eigenvalue weighted by atomic mass is 9.93. The largest absolute Gasteiger partial charge is 0.383 e. The first kappa shape index (κ1) is 15.3. The van der Waals surface area contributed by atoms with E-state index in [0.29, 0.717) is 6.04 Å². The molecule has 0 aliphatic carbocycles. The molecule has 3 unspecified atom stereocenters. The maximum Gasteiger partial charge on any atom is 0.0618 e. The van der Waals surface area contributed by atoms with Gasteiger partial charge in [0.15, 0.2) is 0 Å². The number of methoxy groups -OCH3 is 1. The molecule has 0 bridgehead atoms. The van der Waals surface area contributed by atoms with Gasteiger partial charge in [-0.15, -0.1) is 0 Å². The van der Waals surface area contributed by atoms with Crippen LogP contribution >= 0.6 is 0 Å². The van der Waals surface area contributed by atoms with Crippen molar-refractivity contribution in [2.45, 2.75) is 70.5 Å². The van der Waals surface area contributed by atoms with Crippen molar-refractivity contribution in [1.29, 1.82) is 0 Å². The summed E-state index contributed by atoms with van der Waals surface area (Å²) in [7, 11) is 1.85. The molecular formula is C16H32N2O. The normalized spacial score (nSPS) is 31.1. The molecule has 0 amide bonds. The summed E-state index contributed by atoms with van der Waals surface area (Å²) in [6.07, 6.45) is 8.04. The first-order valence-electron chi connectivity index (χ1n) is 8.28. The third-order valence-electron chi connectivity index (χ3n) is 5.01. The molecule has 0 aromatic rings. The Morgan fingerprint density at radius 1 is 1.21 bits per heavy atom. The number of hydrogen-bond donors (Lipinski definition) is 0. The van der Waals surface area contributed by atoms with E-state index in [2.05, 4.69) is 23.6 Å². The van der Waals surface area contributed by atoms with Crippen LogP contribution in [0, 0.1) is 0 Å². The van der Waals surface area contributed by atoms with Crippen molar-refractivity contribution in [2.75, 3.05) is 33.4 Å². The molecule has 112 valence electrons. The van der Waals surface area contributed by atoms with Crippen LogP contribution in [0.3, 0.4) is 0 Å². The maximum absolute atomic E-state index is 5.48. The number of piperidine rings is 1. The number of piperazine rings is 1. The Balaban J connectivity index is 2.03. The van der Waals surface area contributed by atoms with Gasteiger partial charge in [0.2, 0.25) is 0 Å². The van der Waals surface area contributed by atoms with Crippen molar-refractivity contribution in [2.24, 2.45) is 0 Å². The van der Waals surface area contributed by atoms with E-state index in [9.17, 15) is 0 Å². The molecule has 0 aromatic heterocycles. The lowest BCUT2D eigenvalue weighted by Gasteiger charge is -2.51. The zero-order valence-corrected chi connectivity index (χ0v) is 13.1. The van der Waals surface area contributed by atoms with Gasteiger partial charge in [-0.1, -0.05) is 26.7 Å². The van der Waals surface area contributed by atoms with Crippen molar-refractivity contribution in [3.63, 3.8) is 0 Å². The second-order valence-electron chi connectivity index (χ2n) is 6.30. The predicted molar refractivity (Wildman–Crippen MR) is 80.6 cm³/mol. The van der Waals surface area contributed by atoms with Crippen molar-refractivity contribution < 1.29 is 4.74 Å². The molecule has 3 heteroatoms. The minimum atomic E-state index is 0.629. The van der Waals surface area contributed by atoms with Crippen LogP contribution in [0.25, 0.3) is 0 Å². The SMILES string of the molecule is CCCC(COC)N1CC2CCCCN2CC1CC. The smallest absolute Gasteiger partial charge is 0.0618 e. The van der Waals surface area contributed by atoms with Gasteiger partial charge in [0.05, 0.1) is 6.61 Å². The Morgan fingerprint density at radius 2 is 2.05 bits per heavy atom. The summed E-state index contributed by atoms with van der Waals surface area (Å²) in [5, 5.41) is 0. The van der Waals surface area contributed by atoms with Crippen LogP contribution in [-0.4, -0.2) is 61.3 Å². The molecule has 3 atom stereocenters. The minimum Gasteiger partial charge on any atom is -0.383 e. The van der Waals surface area contributed by atoms with Gasteiger partial charge < -0.3 is 4.74 Å². The molecule has 2 heterocycles. The molecule has 19 heavy (non-hydrogen) atoms. The second-order valence-corrected chi connectivity index (χ2v) is 6.30.